The highest BCUT2D eigenvalue weighted by Crippen LogP contribution is 2.18. The Kier molecular flexibility index (Phi) is 2.60. The third-order valence-corrected chi connectivity index (χ3v) is 2.66. The number of halogens is 1. The zero-order valence-corrected chi connectivity index (χ0v) is 7.57. The van der Waals surface area contributed by atoms with Crippen LogP contribution in [0.25, 0.3) is 0 Å². The summed E-state index contributed by atoms with van der Waals surface area (Å²) in [6.45, 7) is 0. The maximum Gasteiger partial charge on any atom is 0.270 e. The molecule has 0 amide bonds. The molecule has 0 aliphatic rings. The molecule has 1 atom stereocenters. The van der Waals surface area contributed by atoms with Gasteiger partial charge in [-0.05, 0) is 28.1 Å². The van der Waals surface area contributed by atoms with Crippen molar-refractivity contribution in [2.24, 2.45) is 0 Å². The van der Waals surface area contributed by atoms with Crippen LogP contribution in [-0.4, -0.2) is 9.55 Å². The first kappa shape index (κ1) is 7.15. The third kappa shape index (κ3) is 1.72. The van der Waals surface area contributed by atoms with Crippen LogP contribution in [0.15, 0.2) is 23.1 Å². The summed E-state index contributed by atoms with van der Waals surface area (Å²) in [6.07, 6.45) is 2.00. The summed E-state index contributed by atoms with van der Waals surface area (Å²) in [7, 11) is 0. The highest BCUT2D eigenvalue weighted by molar-refractivity contribution is 14.2. The van der Waals surface area contributed by atoms with Crippen LogP contribution in [0.4, 0.5) is 0 Å². The lowest BCUT2D eigenvalue weighted by molar-refractivity contribution is 0.917. The fourth-order valence-electron chi connectivity index (χ4n) is 0.421. The van der Waals surface area contributed by atoms with E-state index in [1.165, 1.54) is 10.5 Å². The van der Waals surface area contributed by atoms with Gasteiger partial charge in [0.05, 0.1) is 6.37 Å². The summed E-state index contributed by atoms with van der Waals surface area (Å²) in [5, 5.41) is 3.81. The first-order valence-corrected chi connectivity index (χ1v) is 6.32. The van der Waals surface area contributed by atoms with Gasteiger partial charge in [0, 0.05) is 12.3 Å². The van der Waals surface area contributed by atoms with Gasteiger partial charge < -0.3 is 0 Å². The molecule has 0 aromatic carbocycles. The summed E-state index contributed by atoms with van der Waals surface area (Å²) < 4.78 is 1.42. The minimum atomic E-state index is -0.0368. The van der Waals surface area contributed by atoms with Gasteiger partial charge in [-0.2, -0.15) is 5.10 Å². The van der Waals surface area contributed by atoms with Crippen molar-refractivity contribution in [1.29, 1.82) is 0 Å². The van der Waals surface area contributed by atoms with Gasteiger partial charge in [-0.1, -0.05) is 0 Å². The van der Waals surface area contributed by atoms with Crippen LogP contribution in [0.2, 0.25) is 0 Å². The predicted octanol–water partition coefficient (Wildman–Crippen LogP) is 1.03. The van der Waals surface area contributed by atoms with Gasteiger partial charge in [-0.15, -0.1) is 0 Å². The van der Waals surface area contributed by atoms with Crippen molar-refractivity contribution >= 4 is 28.4 Å². The van der Waals surface area contributed by atoms with Gasteiger partial charge in [0.25, 0.3) is 5.56 Å². The first-order valence-electron chi connectivity index (χ1n) is 2.25. The molecule has 0 saturated carbocycles. The smallest absolute Gasteiger partial charge is 0.268 e. The molecule has 0 spiro atoms. The summed E-state index contributed by atoms with van der Waals surface area (Å²) in [5.74, 6) is 0. The van der Waals surface area contributed by atoms with Crippen molar-refractivity contribution < 1.29 is 0 Å². The lowest BCUT2D eigenvalue weighted by Crippen LogP contribution is -2.12. The monoisotopic (exact) mass is 254 g/mol. The molecule has 0 aliphatic carbocycles. The number of aromatic nitrogens is 2. The molecule has 5 heteroatoms. The fourth-order valence-corrected chi connectivity index (χ4v) is 1.78. The second-order valence-electron chi connectivity index (χ2n) is 1.36. The maximum absolute atomic E-state index is 10.8. The van der Waals surface area contributed by atoms with E-state index >= 15 is 0 Å². The molecule has 0 bridgehead atoms. The predicted molar refractivity (Wildman–Crippen MR) is 46.2 cm³/mol. The maximum atomic E-state index is 10.8. The van der Waals surface area contributed by atoms with Gasteiger partial charge in [-0.3, -0.25) is 4.79 Å². The Morgan fingerprint density at radius 1 is 1.78 bits per heavy atom. The highest BCUT2D eigenvalue weighted by atomic mass is 127. The Morgan fingerprint density at radius 3 is 3.00 bits per heavy atom. The fraction of sp³-hybridized carbons (Fsp3) is 0. The molecule has 48 valence electrons. The van der Waals surface area contributed by atoms with Crippen molar-refractivity contribution in [3.8, 4) is 0 Å². The molecular weight excluding hydrogens is 250 g/mol. The average Bonchev–Trinajstić information content (AvgIpc) is 1.89. The average molecular weight is 254 g/mol. The Labute approximate surface area is 66.8 Å². The molecule has 3 nitrogen and oxygen atoms in total. The first-order chi connectivity index (χ1) is 4.34. The lowest BCUT2D eigenvalue weighted by atomic mass is 10.6. The van der Waals surface area contributed by atoms with E-state index in [9.17, 15) is 4.79 Å². The molecule has 0 radical (unpaired) electrons. The Balaban J connectivity index is 3.16. The molecule has 0 saturated heterocycles. The van der Waals surface area contributed by atoms with E-state index in [1.807, 2.05) is 0 Å². The number of hydrogen-bond donors (Lipinski definition) is 0. The van der Waals surface area contributed by atoms with Gasteiger partial charge in [-0.25, -0.2) is 4.45 Å². The van der Waals surface area contributed by atoms with E-state index in [0.29, 0.717) is 6.37 Å². The van der Waals surface area contributed by atoms with Crippen LogP contribution in [-0.2, 0) is 0 Å². The van der Waals surface area contributed by atoms with Gasteiger partial charge in [0.1, 0.15) is 0 Å². The van der Waals surface area contributed by atoms with E-state index in [0.717, 1.165) is 0 Å². The van der Waals surface area contributed by atoms with E-state index in [-0.39, 0.29) is 5.56 Å². The Hall–Kier alpha value is 0.0400. The van der Waals surface area contributed by atoms with Crippen molar-refractivity contribution in [3.63, 3.8) is 0 Å². The molecule has 9 heavy (non-hydrogen) atoms. The van der Waals surface area contributed by atoms with E-state index < -0.39 is 0 Å². The normalized spacial score (nSPS) is 10.8. The minimum Gasteiger partial charge on any atom is -0.268 e. The molecule has 1 rings (SSSR count). The second-order valence-corrected chi connectivity index (χ2v) is 3.40. The van der Waals surface area contributed by atoms with Crippen molar-refractivity contribution in [1.82, 2.24) is 9.55 Å². The minimum absolute atomic E-state index is 0.0368. The van der Waals surface area contributed by atoms with Crippen LogP contribution in [0.1, 0.15) is 0 Å². The summed E-state index contributed by atoms with van der Waals surface area (Å²) in [4.78, 5) is 10.8. The molecular formula is C4H4IN2OP. The molecule has 1 heterocycles. The summed E-state index contributed by atoms with van der Waals surface area (Å²) in [5.41, 5.74) is -0.0368. The Bertz CT molecular complexity index is 248. The molecule has 0 aliphatic heterocycles. The third-order valence-electron chi connectivity index (χ3n) is 0.796. The number of nitrogens with zero attached hydrogens (tertiary/aromatic N) is 2. The highest BCUT2D eigenvalue weighted by Gasteiger charge is 1.87. The van der Waals surface area contributed by atoms with E-state index in [2.05, 4.69) is 27.1 Å². The number of hydrogen-bond acceptors (Lipinski definition) is 2. The lowest BCUT2D eigenvalue weighted by Gasteiger charge is -1.92. The SMILES string of the molecule is O=c1cccnn1PI. The molecule has 1 aromatic heterocycles. The number of rotatable bonds is 1. The summed E-state index contributed by atoms with van der Waals surface area (Å²) >= 11 is 2.11. The van der Waals surface area contributed by atoms with Crippen LogP contribution < -0.4 is 5.56 Å². The van der Waals surface area contributed by atoms with Crippen molar-refractivity contribution in [2.45, 2.75) is 0 Å². The van der Waals surface area contributed by atoms with Crippen LogP contribution in [0.3, 0.4) is 0 Å². The Morgan fingerprint density at radius 2 is 2.56 bits per heavy atom. The van der Waals surface area contributed by atoms with E-state index in [1.54, 1.807) is 12.3 Å². The van der Waals surface area contributed by atoms with E-state index in [4.69, 9.17) is 0 Å². The zero-order valence-electron chi connectivity index (χ0n) is 4.41. The van der Waals surface area contributed by atoms with Crippen molar-refractivity contribution in [2.75, 3.05) is 0 Å². The van der Waals surface area contributed by atoms with Crippen molar-refractivity contribution in [3.05, 3.63) is 28.7 Å². The molecule has 1 unspecified atom stereocenters. The van der Waals surface area contributed by atoms with Gasteiger partial charge in [0.2, 0.25) is 0 Å². The van der Waals surface area contributed by atoms with Crippen LogP contribution in [0, 0.1) is 0 Å². The second kappa shape index (κ2) is 3.27. The zero-order chi connectivity index (χ0) is 6.69. The van der Waals surface area contributed by atoms with Crippen LogP contribution in [0.5, 0.6) is 0 Å². The molecule has 1 aromatic rings. The van der Waals surface area contributed by atoms with Gasteiger partial charge in [0.15, 0.2) is 0 Å². The largest absolute Gasteiger partial charge is 0.270 e. The van der Waals surface area contributed by atoms with Crippen LogP contribution >= 0.6 is 28.4 Å². The molecule has 0 fully saturated rings. The molecule has 0 N–H and O–H groups in total. The summed E-state index contributed by atoms with van der Waals surface area (Å²) in [6, 6.07) is 3.13. The topological polar surface area (TPSA) is 34.9 Å². The van der Waals surface area contributed by atoms with Gasteiger partial charge >= 0.3 is 0 Å². The standard InChI is InChI=1S/C4H4IN2OP/c5-9-7-4(8)2-1-3-6-7/h1-3,9H. The quantitative estimate of drug-likeness (QED) is 0.554.